The molecular weight excluding hydrogens is 262 g/mol. The van der Waals surface area contributed by atoms with Crippen molar-refractivity contribution >= 4 is 0 Å². The summed E-state index contributed by atoms with van der Waals surface area (Å²) in [6, 6.07) is 0. The molecule has 4 nitrogen and oxygen atoms in total. The Balaban J connectivity index is 1.65. The Morgan fingerprint density at radius 2 is 2.24 bits per heavy atom. The van der Waals surface area contributed by atoms with Crippen molar-refractivity contribution < 1.29 is 5.11 Å². The predicted molar refractivity (Wildman–Crippen MR) is 84.3 cm³/mol. The topological polar surface area (TPSA) is 50.1 Å². The van der Waals surface area contributed by atoms with Gasteiger partial charge in [0.15, 0.2) is 0 Å². The van der Waals surface area contributed by atoms with E-state index in [2.05, 4.69) is 21.8 Å². The molecule has 118 valence electrons. The van der Waals surface area contributed by atoms with Crippen molar-refractivity contribution in [2.24, 2.45) is 5.92 Å². The SMILES string of the molecule is CCNC1(CO)CCCC1CCn1cnc2c1CCCC2. The number of hydrogen-bond acceptors (Lipinski definition) is 3. The summed E-state index contributed by atoms with van der Waals surface area (Å²) in [6.45, 7) is 4.41. The molecule has 1 aromatic rings. The lowest BCUT2D eigenvalue weighted by Crippen LogP contribution is -2.51. The van der Waals surface area contributed by atoms with E-state index in [-0.39, 0.29) is 12.1 Å². The summed E-state index contributed by atoms with van der Waals surface area (Å²) in [6.07, 6.45) is 11.7. The number of imidazole rings is 1. The number of rotatable bonds is 6. The maximum atomic E-state index is 9.89. The largest absolute Gasteiger partial charge is 0.394 e. The number of aromatic nitrogens is 2. The molecule has 0 aliphatic heterocycles. The van der Waals surface area contributed by atoms with Crippen LogP contribution in [-0.2, 0) is 19.4 Å². The van der Waals surface area contributed by atoms with Crippen molar-refractivity contribution in [1.82, 2.24) is 14.9 Å². The van der Waals surface area contributed by atoms with E-state index in [9.17, 15) is 5.11 Å². The van der Waals surface area contributed by atoms with E-state index in [0.29, 0.717) is 5.92 Å². The minimum Gasteiger partial charge on any atom is -0.394 e. The molecule has 0 saturated heterocycles. The monoisotopic (exact) mass is 291 g/mol. The Kier molecular flexibility index (Phi) is 4.65. The van der Waals surface area contributed by atoms with Crippen LogP contribution in [0.3, 0.4) is 0 Å². The maximum Gasteiger partial charge on any atom is 0.0951 e. The lowest BCUT2D eigenvalue weighted by Gasteiger charge is -2.35. The molecule has 2 atom stereocenters. The van der Waals surface area contributed by atoms with Crippen LogP contribution < -0.4 is 5.32 Å². The van der Waals surface area contributed by atoms with Gasteiger partial charge in [0.05, 0.1) is 18.6 Å². The van der Waals surface area contributed by atoms with Crippen LogP contribution in [0.15, 0.2) is 6.33 Å². The van der Waals surface area contributed by atoms with Crippen molar-refractivity contribution in [3.63, 3.8) is 0 Å². The molecule has 1 heterocycles. The third kappa shape index (κ3) is 2.88. The van der Waals surface area contributed by atoms with Gasteiger partial charge in [0.1, 0.15) is 0 Å². The summed E-state index contributed by atoms with van der Waals surface area (Å²) < 4.78 is 2.38. The van der Waals surface area contributed by atoms with Gasteiger partial charge in [0, 0.05) is 17.8 Å². The van der Waals surface area contributed by atoms with Crippen molar-refractivity contribution in [2.45, 2.75) is 70.4 Å². The maximum absolute atomic E-state index is 9.89. The van der Waals surface area contributed by atoms with Crippen LogP contribution in [0.25, 0.3) is 0 Å². The summed E-state index contributed by atoms with van der Waals surface area (Å²) in [5.41, 5.74) is 2.76. The van der Waals surface area contributed by atoms with Gasteiger partial charge < -0.3 is 15.0 Å². The van der Waals surface area contributed by atoms with Crippen LogP contribution in [0.5, 0.6) is 0 Å². The molecule has 3 rings (SSSR count). The zero-order valence-corrected chi connectivity index (χ0v) is 13.3. The number of likely N-dealkylation sites (N-methyl/N-ethyl adjacent to an activating group) is 1. The van der Waals surface area contributed by atoms with Crippen LogP contribution in [0.4, 0.5) is 0 Å². The van der Waals surface area contributed by atoms with Crippen LogP contribution >= 0.6 is 0 Å². The Bertz CT molecular complexity index is 471. The quantitative estimate of drug-likeness (QED) is 0.845. The first-order valence-electron chi connectivity index (χ1n) is 8.68. The third-order valence-electron chi connectivity index (χ3n) is 5.60. The first-order valence-corrected chi connectivity index (χ1v) is 8.68. The van der Waals surface area contributed by atoms with Crippen LogP contribution in [0.1, 0.15) is 56.8 Å². The molecule has 2 aliphatic carbocycles. The number of aryl methyl sites for hydroxylation is 2. The summed E-state index contributed by atoms with van der Waals surface area (Å²) in [7, 11) is 0. The van der Waals surface area contributed by atoms with E-state index in [0.717, 1.165) is 32.4 Å². The molecule has 0 bridgehead atoms. The third-order valence-corrected chi connectivity index (χ3v) is 5.60. The number of nitrogens with one attached hydrogen (secondary N) is 1. The number of nitrogens with zero attached hydrogens (tertiary/aromatic N) is 2. The van der Waals surface area contributed by atoms with Gasteiger partial charge in [0.25, 0.3) is 0 Å². The molecule has 2 N–H and O–H groups in total. The number of hydrogen-bond donors (Lipinski definition) is 2. The highest BCUT2D eigenvalue weighted by atomic mass is 16.3. The van der Waals surface area contributed by atoms with Gasteiger partial charge in [0.2, 0.25) is 0 Å². The molecular formula is C17H29N3O. The molecule has 0 amide bonds. The summed E-state index contributed by atoms with van der Waals surface area (Å²) >= 11 is 0. The van der Waals surface area contributed by atoms with E-state index in [1.54, 1.807) is 0 Å². The average molecular weight is 291 g/mol. The standard InChI is InChI=1S/C17H29N3O/c1-2-19-17(12-21)10-5-6-14(17)9-11-20-13-18-15-7-3-4-8-16(15)20/h13-14,19,21H,2-12H2,1H3. The minimum absolute atomic E-state index is 0.0323. The van der Waals surface area contributed by atoms with E-state index in [4.69, 9.17) is 0 Å². The lowest BCUT2D eigenvalue weighted by molar-refractivity contribution is 0.118. The van der Waals surface area contributed by atoms with E-state index in [1.165, 1.54) is 43.5 Å². The second-order valence-electron chi connectivity index (χ2n) is 6.76. The molecule has 2 aliphatic rings. The van der Waals surface area contributed by atoms with Gasteiger partial charge in [-0.3, -0.25) is 0 Å². The van der Waals surface area contributed by atoms with Crippen molar-refractivity contribution in [1.29, 1.82) is 0 Å². The average Bonchev–Trinajstić information content (AvgIpc) is 3.10. The van der Waals surface area contributed by atoms with Gasteiger partial charge in [-0.25, -0.2) is 4.98 Å². The highest BCUT2D eigenvalue weighted by molar-refractivity contribution is 5.16. The molecule has 1 fully saturated rings. The second-order valence-corrected chi connectivity index (χ2v) is 6.76. The molecule has 2 unspecified atom stereocenters. The lowest BCUT2D eigenvalue weighted by atomic mass is 9.85. The van der Waals surface area contributed by atoms with Gasteiger partial charge in [-0.05, 0) is 57.4 Å². The smallest absolute Gasteiger partial charge is 0.0951 e. The Labute approximate surface area is 128 Å². The van der Waals surface area contributed by atoms with Gasteiger partial charge in [-0.1, -0.05) is 13.3 Å². The first-order chi connectivity index (χ1) is 10.3. The van der Waals surface area contributed by atoms with Crippen LogP contribution in [0.2, 0.25) is 0 Å². The normalized spacial score (nSPS) is 28.8. The van der Waals surface area contributed by atoms with Gasteiger partial charge >= 0.3 is 0 Å². The molecule has 4 heteroatoms. The molecule has 1 saturated carbocycles. The zero-order chi connectivity index (χ0) is 14.7. The van der Waals surface area contributed by atoms with Crippen LogP contribution in [-0.4, -0.2) is 33.3 Å². The fourth-order valence-corrected chi connectivity index (χ4v) is 4.43. The summed E-state index contributed by atoms with van der Waals surface area (Å²) in [5.74, 6) is 0.587. The number of fused-ring (bicyclic) bond motifs is 1. The number of aliphatic hydroxyl groups excluding tert-OH is 1. The molecule has 21 heavy (non-hydrogen) atoms. The minimum atomic E-state index is -0.0323. The fourth-order valence-electron chi connectivity index (χ4n) is 4.43. The Hall–Kier alpha value is -0.870. The second kappa shape index (κ2) is 6.49. The Morgan fingerprint density at radius 3 is 3.05 bits per heavy atom. The van der Waals surface area contributed by atoms with E-state index in [1.807, 2.05) is 6.33 Å². The zero-order valence-electron chi connectivity index (χ0n) is 13.3. The summed E-state index contributed by atoms with van der Waals surface area (Å²) in [4.78, 5) is 4.59. The molecule has 0 radical (unpaired) electrons. The van der Waals surface area contributed by atoms with Crippen molar-refractivity contribution in [2.75, 3.05) is 13.2 Å². The molecule has 1 aromatic heterocycles. The summed E-state index contributed by atoms with van der Waals surface area (Å²) in [5, 5.41) is 13.5. The molecule has 0 aromatic carbocycles. The van der Waals surface area contributed by atoms with Crippen molar-refractivity contribution in [3.8, 4) is 0 Å². The van der Waals surface area contributed by atoms with Crippen LogP contribution in [0, 0.1) is 5.92 Å². The molecule has 0 spiro atoms. The van der Waals surface area contributed by atoms with Gasteiger partial charge in [-0.2, -0.15) is 0 Å². The Morgan fingerprint density at radius 1 is 1.38 bits per heavy atom. The first kappa shape index (κ1) is 15.0. The highest BCUT2D eigenvalue weighted by Gasteiger charge is 2.41. The predicted octanol–water partition coefficient (Wildman–Crippen LogP) is 2.29. The van der Waals surface area contributed by atoms with E-state index >= 15 is 0 Å². The van der Waals surface area contributed by atoms with E-state index < -0.39 is 0 Å². The van der Waals surface area contributed by atoms with Gasteiger partial charge in [-0.15, -0.1) is 0 Å². The van der Waals surface area contributed by atoms with Crippen molar-refractivity contribution in [3.05, 3.63) is 17.7 Å². The highest BCUT2D eigenvalue weighted by Crippen LogP contribution is 2.38. The fraction of sp³-hybridized carbons (Fsp3) is 0.824. The number of aliphatic hydroxyl groups is 1.